The fraction of sp³-hybridized carbons (Fsp3) is 0.500. The van der Waals surface area contributed by atoms with Gasteiger partial charge in [0.05, 0.1) is 5.56 Å². The molecule has 1 aromatic carbocycles. The van der Waals surface area contributed by atoms with Crippen LogP contribution in [-0.2, 0) is 10.9 Å². The average molecular weight is 265 g/mol. The Hall–Kier alpha value is -1.14. The third-order valence-corrected chi connectivity index (χ3v) is 2.66. The lowest BCUT2D eigenvalue weighted by molar-refractivity contribution is -0.140. The van der Waals surface area contributed by atoms with E-state index in [1.54, 1.807) is 7.05 Å². The molecule has 6 heteroatoms. The van der Waals surface area contributed by atoms with E-state index in [1.807, 2.05) is 0 Å². The van der Waals surface area contributed by atoms with Crippen molar-refractivity contribution < 1.29 is 22.3 Å². The van der Waals surface area contributed by atoms with Crippen molar-refractivity contribution in [2.24, 2.45) is 0 Å². The van der Waals surface area contributed by atoms with Gasteiger partial charge in [-0.3, -0.25) is 0 Å². The molecule has 0 aliphatic carbocycles. The van der Waals surface area contributed by atoms with Crippen LogP contribution >= 0.6 is 0 Å². The first-order valence-electron chi connectivity index (χ1n) is 5.43. The van der Waals surface area contributed by atoms with Crippen molar-refractivity contribution in [1.29, 1.82) is 0 Å². The Kier molecular flexibility index (Phi) is 5.10. The third kappa shape index (κ3) is 3.68. The summed E-state index contributed by atoms with van der Waals surface area (Å²) in [6, 6.07) is 2.73. The predicted octanol–water partition coefficient (Wildman–Crippen LogP) is 3.14. The lowest BCUT2D eigenvalue weighted by Crippen LogP contribution is -2.19. The van der Waals surface area contributed by atoms with Gasteiger partial charge in [-0.25, -0.2) is 4.39 Å². The van der Waals surface area contributed by atoms with Gasteiger partial charge >= 0.3 is 6.18 Å². The lowest BCUT2D eigenvalue weighted by Gasteiger charge is -2.18. The first-order valence-corrected chi connectivity index (χ1v) is 5.43. The number of halogens is 4. The summed E-state index contributed by atoms with van der Waals surface area (Å²) in [5.74, 6) is -1.26. The maximum absolute atomic E-state index is 13.1. The first kappa shape index (κ1) is 14.9. The highest BCUT2D eigenvalue weighted by Gasteiger charge is 2.34. The van der Waals surface area contributed by atoms with E-state index in [-0.39, 0.29) is 6.04 Å². The Morgan fingerprint density at radius 3 is 2.50 bits per heavy atom. The van der Waals surface area contributed by atoms with Gasteiger partial charge in [0.2, 0.25) is 0 Å². The van der Waals surface area contributed by atoms with Gasteiger partial charge in [-0.15, -0.1) is 0 Å². The average Bonchev–Trinajstić information content (AvgIpc) is 2.30. The molecular formula is C12H15F4NO. The molecular weight excluding hydrogens is 250 g/mol. The maximum Gasteiger partial charge on any atom is 0.419 e. The van der Waals surface area contributed by atoms with Crippen LogP contribution in [0.25, 0.3) is 0 Å². The van der Waals surface area contributed by atoms with Crippen molar-refractivity contribution in [3.63, 3.8) is 0 Å². The molecule has 0 bridgehead atoms. The van der Waals surface area contributed by atoms with Crippen LogP contribution in [0.15, 0.2) is 18.2 Å². The quantitative estimate of drug-likeness (QED) is 0.826. The summed E-state index contributed by atoms with van der Waals surface area (Å²) in [6.07, 6.45) is -4.17. The van der Waals surface area contributed by atoms with E-state index in [4.69, 9.17) is 4.74 Å². The van der Waals surface area contributed by atoms with Crippen molar-refractivity contribution >= 4 is 0 Å². The van der Waals surface area contributed by atoms with Crippen LogP contribution in [0.4, 0.5) is 17.6 Å². The first-order chi connectivity index (χ1) is 8.40. The zero-order valence-corrected chi connectivity index (χ0v) is 10.1. The second-order valence-corrected chi connectivity index (χ2v) is 3.86. The van der Waals surface area contributed by atoms with Crippen molar-refractivity contribution in [3.05, 3.63) is 35.1 Å². The normalized spacial score (nSPS) is 13.7. The number of alkyl halides is 3. The molecule has 0 aliphatic rings. The van der Waals surface area contributed by atoms with Crippen LogP contribution in [0.1, 0.15) is 23.6 Å². The highest BCUT2D eigenvalue weighted by atomic mass is 19.4. The Labute approximate surface area is 103 Å². The molecule has 0 spiro atoms. The molecule has 0 aliphatic heterocycles. The van der Waals surface area contributed by atoms with Crippen molar-refractivity contribution in [1.82, 2.24) is 5.32 Å². The molecule has 1 rings (SSSR count). The predicted molar refractivity (Wildman–Crippen MR) is 59.7 cm³/mol. The van der Waals surface area contributed by atoms with Gasteiger partial charge < -0.3 is 10.1 Å². The largest absolute Gasteiger partial charge is 0.419 e. The number of nitrogens with one attached hydrogen (secondary N) is 1. The fourth-order valence-electron chi connectivity index (χ4n) is 1.69. The minimum Gasteiger partial charge on any atom is -0.385 e. The second-order valence-electron chi connectivity index (χ2n) is 3.86. The molecule has 18 heavy (non-hydrogen) atoms. The Balaban J connectivity index is 3.02. The molecule has 0 amide bonds. The number of hydrogen-bond acceptors (Lipinski definition) is 2. The summed E-state index contributed by atoms with van der Waals surface area (Å²) in [5.41, 5.74) is -0.846. The minimum atomic E-state index is -4.68. The molecule has 0 saturated heterocycles. The van der Waals surface area contributed by atoms with Gasteiger partial charge in [-0.05, 0) is 31.2 Å². The summed E-state index contributed by atoms with van der Waals surface area (Å²) in [7, 11) is 3.15. The number of methoxy groups -OCH3 is 1. The molecule has 0 heterocycles. The number of hydrogen-bond donors (Lipinski definition) is 1. The van der Waals surface area contributed by atoms with Crippen molar-refractivity contribution in [3.8, 4) is 0 Å². The van der Waals surface area contributed by atoms with Gasteiger partial charge in [0.15, 0.2) is 0 Å². The van der Waals surface area contributed by atoms with Gasteiger partial charge in [-0.1, -0.05) is 6.07 Å². The zero-order chi connectivity index (χ0) is 13.8. The topological polar surface area (TPSA) is 21.3 Å². The monoisotopic (exact) mass is 265 g/mol. The SMILES string of the molecule is CNC(CCOC)c1ccc(F)c(C(F)(F)F)c1. The van der Waals surface area contributed by atoms with Crippen LogP contribution in [0.3, 0.4) is 0 Å². The molecule has 1 atom stereocenters. The van der Waals surface area contributed by atoms with E-state index in [2.05, 4.69) is 5.32 Å². The van der Waals surface area contributed by atoms with Crippen LogP contribution in [0.5, 0.6) is 0 Å². The maximum atomic E-state index is 13.1. The lowest BCUT2D eigenvalue weighted by atomic mass is 10.0. The number of rotatable bonds is 5. The third-order valence-electron chi connectivity index (χ3n) is 2.66. The molecule has 2 nitrogen and oxygen atoms in total. The summed E-state index contributed by atoms with van der Waals surface area (Å²) in [4.78, 5) is 0. The molecule has 1 aromatic rings. The molecule has 0 fully saturated rings. The summed E-state index contributed by atoms with van der Waals surface area (Å²) in [5, 5.41) is 2.88. The van der Waals surface area contributed by atoms with Crippen LogP contribution in [0, 0.1) is 5.82 Å². The highest BCUT2D eigenvalue weighted by Crippen LogP contribution is 2.33. The smallest absolute Gasteiger partial charge is 0.385 e. The van der Waals surface area contributed by atoms with E-state index in [0.29, 0.717) is 18.6 Å². The van der Waals surface area contributed by atoms with Crippen molar-refractivity contribution in [2.75, 3.05) is 20.8 Å². The molecule has 1 unspecified atom stereocenters. The van der Waals surface area contributed by atoms with Crippen LogP contribution in [0.2, 0.25) is 0 Å². The van der Waals surface area contributed by atoms with Crippen molar-refractivity contribution in [2.45, 2.75) is 18.6 Å². The standard InChI is InChI=1S/C12H15F4NO/c1-17-11(5-6-18-2)8-3-4-10(13)9(7-8)12(14,15)16/h3-4,7,11,17H,5-6H2,1-2H3. The van der Waals surface area contributed by atoms with Gasteiger partial charge in [0.1, 0.15) is 5.82 Å². The molecule has 102 valence electrons. The molecule has 0 radical (unpaired) electrons. The van der Waals surface area contributed by atoms with Gasteiger partial charge in [0.25, 0.3) is 0 Å². The van der Waals surface area contributed by atoms with E-state index in [1.165, 1.54) is 13.2 Å². The highest BCUT2D eigenvalue weighted by molar-refractivity contribution is 5.29. The van der Waals surface area contributed by atoms with Gasteiger partial charge in [-0.2, -0.15) is 13.2 Å². The summed E-state index contributed by atoms with van der Waals surface area (Å²) < 4.78 is 55.7. The Bertz CT molecular complexity index is 392. The minimum absolute atomic E-state index is 0.299. The fourth-order valence-corrected chi connectivity index (χ4v) is 1.69. The number of benzene rings is 1. The summed E-state index contributed by atoms with van der Waals surface area (Å²) in [6.45, 7) is 0.407. The van der Waals surface area contributed by atoms with Crippen LogP contribution < -0.4 is 5.32 Å². The van der Waals surface area contributed by atoms with Crippen LogP contribution in [-0.4, -0.2) is 20.8 Å². The molecule has 0 aromatic heterocycles. The zero-order valence-electron chi connectivity index (χ0n) is 10.1. The second kappa shape index (κ2) is 6.15. The number of ether oxygens (including phenoxy) is 1. The van der Waals surface area contributed by atoms with E-state index >= 15 is 0 Å². The molecule has 0 saturated carbocycles. The summed E-state index contributed by atoms with van der Waals surface area (Å²) >= 11 is 0. The Morgan fingerprint density at radius 1 is 1.33 bits per heavy atom. The Morgan fingerprint density at radius 2 is 2.00 bits per heavy atom. The molecule has 1 N–H and O–H groups in total. The van der Waals surface area contributed by atoms with Gasteiger partial charge in [0, 0.05) is 19.8 Å². The van der Waals surface area contributed by atoms with E-state index in [0.717, 1.165) is 12.1 Å². The van der Waals surface area contributed by atoms with E-state index < -0.39 is 17.6 Å². The van der Waals surface area contributed by atoms with E-state index in [9.17, 15) is 17.6 Å².